The molecule has 0 spiro atoms. The molecule has 5 nitrogen and oxygen atoms in total. The van der Waals surface area contributed by atoms with Crippen LogP contribution in [0, 0.1) is 0 Å². The van der Waals surface area contributed by atoms with E-state index in [-0.39, 0.29) is 5.91 Å². The van der Waals surface area contributed by atoms with E-state index in [9.17, 15) is 9.59 Å². The Morgan fingerprint density at radius 1 is 1.33 bits per heavy atom. The minimum atomic E-state index is -0.968. The molecule has 0 bridgehead atoms. The molecule has 0 saturated heterocycles. The summed E-state index contributed by atoms with van der Waals surface area (Å²) in [7, 11) is 3.40. The Morgan fingerprint density at radius 3 is 2.33 bits per heavy atom. The van der Waals surface area contributed by atoms with Crippen LogP contribution in [0.25, 0.3) is 0 Å². The van der Waals surface area contributed by atoms with Crippen LogP contribution in [0.1, 0.15) is 6.92 Å². The Morgan fingerprint density at radius 2 is 1.93 bits per heavy atom. The molecule has 0 saturated carbocycles. The number of hydrogen-bond acceptors (Lipinski definition) is 3. The summed E-state index contributed by atoms with van der Waals surface area (Å²) >= 11 is 0. The van der Waals surface area contributed by atoms with E-state index in [1.165, 1.54) is 11.0 Å². The third kappa shape index (κ3) is 6.68. The van der Waals surface area contributed by atoms with Crippen LogP contribution in [0.15, 0.2) is 12.2 Å². The van der Waals surface area contributed by atoms with Gasteiger partial charge >= 0.3 is 5.97 Å². The van der Waals surface area contributed by atoms with Crippen LogP contribution in [0.3, 0.4) is 0 Å². The molecule has 0 fully saturated rings. The summed E-state index contributed by atoms with van der Waals surface area (Å²) in [6.45, 7) is 3.43. The van der Waals surface area contributed by atoms with Gasteiger partial charge in [0.05, 0.1) is 6.54 Å². The van der Waals surface area contributed by atoms with Crippen molar-refractivity contribution in [1.29, 1.82) is 0 Å². The predicted molar refractivity (Wildman–Crippen MR) is 57.6 cm³/mol. The maximum absolute atomic E-state index is 11.4. The van der Waals surface area contributed by atoms with Crippen molar-refractivity contribution in [2.24, 2.45) is 0 Å². The summed E-state index contributed by atoms with van der Waals surface area (Å²) in [4.78, 5) is 25.0. The van der Waals surface area contributed by atoms with Crippen LogP contribution in [0.4, 0.5) is 0 Å². The van der Waals surface area contributed by atoms with Gasteiger partial charge in [-0.05, 0) is 6.54 Å². The molecule has 0 aromatic heterocycles. The number of amides is 1. The van der Waals surface area contributed by atoms with E-state index in [4.69, 9.17) is 5.11 Å². The largest absolute Gasteiger partial charge is 0.478 e. The van der Waals surface area contributed by atoms with E-state index in [2.05, 4.69) is 0 Å². The molecule has 0 aromatic rings. The summed E-state index contributed by atoms with van der Waals surface area (Å²) in [6.07, 6.45) is 2.62. The second-order valence-corrected chi connectivity index (χ2v) is 3.36. The number of hydrogen-bond donors (Lipinski definition) is 1. The minimum absolute atomic E-state index is 0.0144. The van der Waals surface area contributed by atoms with Crippen molar-refractivity contribution < 1.29 is 14.7 Å². The molecule has 86 valence electrons. The number of carbonyl (C=O) groups is 2. The minimum Gasteiger partial charge on any atom is -0.478 e. The maximum atomic E-state index is 11.4. The topological polar surface area (TPSA) is 60.9 Å². The van der Waals surface area contributed by atoms with Crippen LogP contribution in [0.5, 0.6) is 0 Å². The van der Waals surface area contributed by atoms with Crippen molar-refractivity contribution in [3.63, 3.8) is 0 Å². The van der Waals surface area contributed by atoms with E-state index in [1.807, 2.05) is 11.8 Å². The molecule has 15 heavy (non-hydrogen) atoms. The Kier molecular flexibility index (Phi) is 6.37. The molecule has 0 unspecified atom stereocenters. The number of likely N-dealkylation sites (N-methyl/N-ethyl adjacent to an activating group) is 2. The Hall–Kier alpha value is -1.36. The lowest BCUT2D eigenvalue weighted by atomic mass is 10.4. The predicted octanol–water partition coefficient (Wildman–Crippen LogP) is 0.0373. The lowest BCUT2D eigenvalue weighted by Gasteiger charge is -2.20. The number of carbonyl (C=O) groups excluding carboxylic acids is 1. The van der Waals surface area contributed by atoms with Gasteiger partial charge in [0.15, 0.2) is 0 Å². The molecule has 5 heteroatoms. The summed E-state index contributed by atoms with van der Waals surface area (Å²) in [5.74, 6) is -0.953. The smallest absolute Gasteiger partial charge is 0.328 e. The molecule has 0 radical (unpaired) electrons. The van der Waals surface area contributed by atoms with Gasteiger partial charge in [0.1, 0.15) is 0 Å². The lowest BCUT2D eigenvalue weighted by Crippen LogP contribution is -2.36. The summed E-state index contributed by atoms with van der Waals surface area (Å²) in [6, 6.07) is 0. The zero-order valence-electron chi connectivity index (χ0n) is 9.43. The zero-order valence-corrected chi connectivity index (χ0v) is 9.43. The summed E-state index contributed by atoms with van der Waals surface area (Å²) in [5.41, 5.74) is 0. The first kappa shape index (κ1) is 13.6. The molecular formula is C10H18N2O3. The van der Waals surface area contributed by atoms with Crippen molar-refractivity contribution in [2.75, 3.05) is 33.7 Å². The molecule has 0 rings (SSSR count). The highest BCUT2D eigenvalue weighted by atomic mass is 16.4. The first-order valence-electron chi connectivity index (χ1n) is 4.79. The summed E-state index contributed by atoms with van der Waals surface area (Å²) in [5, 5.41) is 8.39. The van der Waals surface area contributed by atoms with Crippen molar-refractivity contribution in [3.05, 3.63) is 12.2 Å². The third-order valence-corrected chi connectivity index (χ3v) is 1.93. The van der Waals surface area contributed by atoms with E-state index in [0.29, 0.717) is 19.6 Å². The quantitative estimate of drug-likeness (QED) is 0.634. The lowest BCUT2D eigenvalue weighted by molar-refractivity contribution is -0.131. The van der Waals surface area contributed by atoms with Gasteiger partial charge in [0, 0.05) is 26.7 Å². The van der Waals surface area contributed by atoms with E-state index >= 15 is 0 Å². The highest BCUT2D eigenvalue weighted by molar-refractivity contribution is 5.79. The molecule has 0 aliphatic carbocycles. The first-order valence-corrected chi connectivity index (χ1v) is 4.79. The van der Waals surface area contributed by atoms with Crippen molar-refractivity contribution in [3.8, 4) is 0 Å². The maximum Gasteiger partial charge on any atom is 0.328 e. The van der Waals surface area contributed by atoms with Gasteiger partial charge in [0.2, 0.25) is 5.91 Å². The number of rotatable bonds is 6. The molecule has 0 aromatic carbocycles. The van der Waals surface area contributed by atoms with E-state index < -0.39 is 5.97 Å². The normalized spacial score (nSPS) is 10.9. The van der Waals surface area contributed by atoms with Gasteiger partial charge in [-0.3, -0.25) is 9.69 Å². The van der Waals surface area contributed by atoms with Crippen molar-refractivity contribution in [2.45, 2.75) is 6.92 Å². The van der Waals surface area contributed by atoms with Gasteiger partial charge in [0.25, 0.3) is 0 Å². The van der Waals surface area contributed by atoms with Crippen LogP contribution < -0.4 is 0 Å². The average molecular weight is 214 g/mol. The van der Waals surface area contributed by atoms with E-state index in [0.717, 1.165) is 6.08 Å². The van der Waals surface area contributed by atoms with Crippen LogP contribution >= 0.6 is 0 Å². The van der Waals surface area contributed by atoms with E-state index in [1.54, 1.807) is 14.1 Å². The van der Waals surface area contributed by atoms with Gasteiger partial charge in [-0.25, -0.2) is 4.79 Å². The van der Waals surface area contributed by atoms with Gasteiger partial charge in [-0.2, -0.15) is 0 Å². The van der Waals surface area contributed by atoms with Crippen LogP contribution in [0.2, 0.25) is 0 Å². The second kappa shape index (κ2) is 7.00. The molecule has 0 atom stereocenters. The Bertz CT molecular complexity index is 249. The third-order valence-electron chi connectivity index (χ3n) is 1.93. The number of carboxylic acid groups (broad SMARTS) is 1. The molecular weight excluding hydrogens is 196 g/mol. The number of aliphatic carboxylic acids is 1. The SMILES string of the molecule is CCN(CC=CC(=O)O)CC(=O)N(C)C. The second-order valence-electron chi connectivity index (χ2n) is 3.36. The number of carboxylic acids is 1. The molecule has 0 heterocycles. The van der Waals surface area contributed by atoms with Gasteiger partial charge < -0.3 is 10.0 Å². The monoisotopic (exact) mass is 214 g/mol. The molecule has 1 amide bonds. The van der Waals surface area contributed by atoms with Crippen molar-refractivity contribution >= 4 is 11.9 Å². The molecule has 0 aliphatic heterocycles. The molecule has 1 N–H and O–H groups in total. The summed E-state index contributed by atoms with van der Waals surface area (Å²) < 4.78 is 0. The number of nitrogens with zero attached hydrogens (tertiary/aromatic N) is 2. The van der Waals surface area contributed by atoms with Gasteiger partial charge in [-0.1, -0.05) is 13.0 Å². The van der Waals surface area contributed by atoms with Crippen molar-refractivity contribution in [1.82, 2.24) is 9.80 Å². The highest BCUT2D eigenvalue weighted by Crippen LogP contribution is 1.91. The fourth-order valence-electron chi connectivity index (χ4n) is 0.941. The zero-order chi connectivity index (χ0) is 11.8. The first-order chi connectivity index (χ1) is 6.97. The Labute approximate surface area is 90.0 Å². The Balaban J connectivity index is 4.03. The van der Waals surface area contributed by atoms with Crippen LogP contribution in [-0.2, 0) is 9.59 Å². The standard InChI is InChI=1S/C10H18N2O3/c1-4-12(7-5-6-10(14)15)8-9(13)11(2)3/h5-6H,4,7-8H2,1-3H3,(H,14,15). The van der Waals surface area contributed by atoms with Gasteiger partial charge in [-0.15, -0.1) is 0 Å². The highest BCUT2D eigenvalue weighted by Gasteiger charge is 2.08. The van der Waals surface area contributed by atoms with Crippen LogP contribution in [-0.4, -0.2) is 60.5 Å². The fourth-order valence-corrected chi connectivity index (χ4v) is 0.941. The fraction of sp³-hybridized carbons (Fsp3) is 0.600. The average Bonchev–Trinajstić information content (AvgIpc) is 2.15. The molecule has 0 aliphatic rings.